The molecular weight excluding hydrogens is 817 g/mol. The van der Waals surface area contributed by atoms with E-state index in [1.165, 1.54) is 25.7 Å². The molecule has 0 radical (unpaired) electrons. The molecule has 1 amide bonds. The summed E-state index contributed by atoms with van der Waals surface area (Å²) in [6.07, 6.45) is 18.8. The fraction of sp³-hybridized carbons (Fsp3) is 0.564. The Morgan fingerprint density at radius 3 is 2.35 bits per heavy atom. The fourth-order valence-corrected chi connectivity index (χ4v) is 11.6. The van der Waals surface area contributed by atoms with Gasteiger partial charge in [0.2, 0.25) is 18.0 Å². The molecule has 3 aromatic carbocycles. The third kappa shape index (κ3) is 10.9. The maximum Gasteiger partial charge on any atom is 0.239 e. The second-order valence-corrected chi connectivity index (χ2v) is 18.9. The largest absolute Gasteiger partial charge is 0.459 e. The number of amides is 1. The minimum Gasteiger partial charge on any atom is -0.459 e. The lowest BCUT2D eigenvalue weighted by atomic mass is 9.55. The molecule has 5 aliphatic rings. The first-order valence-corrected chi connectivity index (χ1v) is 24.9. The summed E-state index contributed by atoms with van der Waals surface area (Å²) in [6, 6.07) is 24.2. The highest BCUT2D eigenvalue weighted by Gasteiger charge is 2.65. The summed E-state index contributed by atoms with van der Waals surface area (Å²) in [6.45, 7) is 7.92. The first kappa shape index (κ1) is 47.0. The molecule has 3 fully saturated rings. The number of carbonyl (C=O) groups is 1. The zero-order valence-electron chi connectivity index (χ0n) is 38.6. The number of aliphatic hydroxyl groups excluding tert-OH is 2. The van der Waals surface area contributed by atoms with Crippen molar-refractivity contribution in [2.24, 2.45) is 28.8 Å². The van der Waals surface area contributed by atoms with Gasteiger partial charge in [0, 0.05) is 50.5 Å². The third-order valence-electron chi connectivity index (χ3n) is 14.7. The Hall–Kier alpha value is -4.48. The Bertz CT molecular complexity index is 2060. The number of allylic oxidation sites excluding steroid dienone is 1. The van der Waals surface area contributed by atoms with Crippen molar-refractivity contribution in [1.82, 2.24) is 4.90 Å². The van der Waals surface area contributed by atoms with Crippen molar-refractivity contribution in [3.63, 3.8) is 0 Å². The predicted octanol–water partition coefficient (Wildman–Crippen LogP) is 11.5. The molecule has 3 aliphatic carbocycles. The number of carbonyl (C=O) groups excluding carboxylic acids is 1. The van der Waals surface area contributed by atoms with Crippen LogP contribution in [0.2, 0.25) is 0 Å². The summed E-state index contributed by atoms with van der Waals surface area (Å²) in [5.41, 5.74) is 5.13. The average molecular weight is 889 g/mol. The highest BCUT2D eigenvalue weighted by Crippen LogP contribution is 2.62. The van der Waals surface area contributed by atoms with Gasteiger partial charge in [-0.25, -0.2) is 0 Å². The lowest BCUT2D eigenvalue weighted by molar-refractivity contribution is -0.257. The molecule has 7 unspecified atom stereocenters. The topological polar surface area (TPSA) is 119 Å². The average Bonchev–Trinajstić information content (AvgIpc) is 3.87. The highest BCUT2D eigenvalue weighted by molar-refractivity contribution is 6.03. The molecule has 2 aliphatic heterocycles. The van der Waals surface area contributed by atoms with E-state index in [9.17, 15) is 15.0 Å². The molecular formula is C55H72N2O8. The van der Waals surface area contributed by atoms with Gasteiger partial charge in [-0.05, 0) is 116 Å². The maximum absolute atomic E-state index is 14.9. The second-order valence-electron chi connectivity index (χ2n) is 18.9. The first-order valence-electron chi connectivity index (χ1n) is 24.9. The summed E-state index contributed by atoms with van der Waals surface area (Å²) >= 11 is 0. The van der Waals surface area contributed by atoms with Gasteiger partial charge < -0.3 is 38.9 Å². The number of benzene rings is 3. The standard InChI is InChI=1S/C55H72N2O8/c1-3-31-57(51(60)30-23-39-16-8-9-17-39)50-38-48(56-65-52-22-12-15-35-61-52)46-36-42(20-10-13-32-58)45(21-11-14-33-59)53-47-37-44(28-29-49(47)64-55(50,54(46)53)62-34-4-2)63-43-26-24-41(25-27-43)40-18-6-5-7-19-40/h4-7,18-19,24-29,36-37,39,42,45,50,52-54,58-59H,2-3,8-17,20-23,30-35,38H2,1H3. The van der Waals surface area contributed by atoms with Gasteiger partial charge in [-0.3, -0.25) is 4.79 Å². The minimum absolute atomic E-state index is 0.115. The van der Waals surface area contributed by atoms with E-state index in [0.717, 1.165) is 97.3 Å². The van der Waals surface area contributed by atoms with E-state index in [-0.39, 0.29) is 49.4 Å². The number of unbranched alkanes of at least 4 members (excludes halogenated alkanes) is 2. The van der Waals surface area contributed by atoms with Gasteiger partial charge in [-0.2, -0.15) is 0 Å². The summed E-state index contributed by atoms with van der Waals surface area (Å²) in [5.74, 6) is 1.31. The molecule has 2 N–H and O–H groups in total. The van der Waals surface area contributed by atoms with E-state index in [1.54, 1.807) is 6.08 Å². The van der Waals surface area contributed by atoms with Crippen LogP contribution in [0.5, 0.6) is 17.2 Å². The molecule has 7 atom stereocenters. The van der Waals surface area contributed by atoms with Gasteiger partial charge in [0.05, 0.1) is 24.8 Å². The van der Waals surface area contributed by atoms with Crippen LogP contribution in [0.15, 0.2) is 102 Å². The molecule has 0 bridgehead atoms. The molecule has 8 rings (SSSR count). The van der Waals surface area contributed by atoms with E-state index in [4.69, 9.17) is 28.9 Å². The number of rotatable bonds is 22. The van der Waals surface area contributed by atoms with Crippen molar-refractivity contribution in [1.29, 1.82) is 0 Å². The SMILES string of the molecule is C=CCOC12Oc3ccc(Oc4ccc(-c5ccccc5)cc4)cc3C3C(CCCCO)C(CCCCO)C=C(C(=NOC4CCCCO4)CC1N(CCC)C(=O)CCC1CCCC1)C32. The third-order valence-corrected chi connectivity index (χ3v) is 14.7. The van der Waals surface area contributed by atoms with Crippen molar-refractivity contribution < 1.29 is 38.8 Å². The van der Waals surface area contributed by atoms with Gasteiger partial charge in [-0.1, -0.05) is 105 Å². The quantitative estimate of drug-likeness (QED) is 0.0581. The molecule has 1 saturated heterocycles. The Morgan fingerprint density at radius 1 is 0.892 bits per heavy atom. The van der Waals surface area contributed by atoms with E-state index < -0.39 is 18.1 Å². The Morgan fingerprint density at radius 2 is 1.63 bits per heavy atom. The van der Waals surface area contributed by atoms with Gasteiger partial charge in [-0.15, -0.1) is 6.58 Å². The summed E-state index contributed by atoms with van der Waals surface area (Å²) < 4.78 is 27.4. The van der Waals surface area contributed by atoms with Gasteiger partial charge in [0.15, 0.2) is 0 Å². The van der Waals surface area contributed by atoms with Crippen LogP contribution in [0, 0.1) is 23.7 Å². The van der Waals surface area contributed by atoms with Crippen LogP contribution in [0.25, 0.3) is 11.1 Å². The van der Waals surface area contributed by atoms with Crippen LogP contribution in [0.1, 0.15) is 128 Å². The number of nitrogens with zero attached hydrogens (tertiary/aromatic N) is 2. The Kier molecular flexibility index (Phi) is 16.5. The number of hydrogen-bond acceptors (Lipinski definition) is 9. The molecule has 2 heterocycles. The maximum atomic E-state index is 14.9. The smallest absolute Gasteiger partial charge is 0.239 e. The summed E-state index contributed by atoms with van der Waals surface area (Å²) in [5, 5.41) is 25.1. The Labute approximate surface area is 387 Å². The Balaban J connectivity index is 1.26. The highest BCUT2D eigenvalue weighted by atomic mass is 16.8. The zero-order valence-corrected chi connectivity index (χ0v) is 38.6. The summed E-state index contributed by atoms with van der Waals surface area (Å²) in [4.78, 5) is 23.3. The van der Waals surface area contributed by atoms with Crippen molar-refractivity contribution in [3.05, 3.63) is 103 Å². The van der Waals surface area contributed by atoms with Gasteiger partial charge in [0.25, 0.3) is 0 Å². The lowest BCUT2D eigenvalue weighted by Gasteiger charge is -2.60. The van der Waals surface area contributed by atoms with E-state index in [0.29, 0.717) is 50.5 Å². The van der Waals surface area contributed by atoms with Crippen LogP contribution in [-0.2, 0) is 19.1 Å². The van der Waals surface area contributed by atoms with E-state index in [2.05, 4.69) is 54.8 Å². The zero-order chi connectivity index (χ0) is 45.0. The van der Waals surface area contributed by atoms with Crippen LogP contribution in [0.4, 0.5) is 0 Å². The van der Waals surface area contributed by atoms with Gasteiger partial charge >= 0.3 is 0 Å². The second kappa shape index (κ2) is 22.8. The van der Waals surface area contributed by atoms with Gasteiger partial charge in [0.1, 0.15) is 23.3 Å². The number of hydrogen-bond donors (Lipinski definition) is 2. The molecule has 3 aromatic rings. The number of aliphatic hydroxyl groups is 2. The fourth-order valence-electron chi connectivity index (χ4n) is 11.6. The number of oxime groups is 1. The first-order chi connectivity index (χ1) is 32.0. The number of ether oxygens (including phenoxy) is 4. The normalized spacial score (nSPS) is 26.7. The molecule has 2 saturated carbocycles. The van der Waals surface area contributed by atoms with Crippen molar-refractivity contribution in [2.45, 2.75) is 140 Å². The molecule has 350 valence electrons. The van der Waals surface area contributed by atoms with E-state index >= 15 is 0 Å². The lowest BCUT2D eigenvalue weighted by Crippen LogP contribution is -2.70. The van der Waals surface area contributed by atoms with Crippen LogP contribution >= 0.6 is 0 Å². The van der Waals surface area contributed by atoms with Crippen molar-refractivity contribution >= 4 is 11.6 Å². The van der Waals surface area contributed by atoms with Crippen LogP contribution in [0.3, 0.4) is 0 Å². The molecule has 10 nitrogen and oxygen atoms in total. The van der Waals surface area contributed by atoms with Crippen molar-refractivity contribution in [3.8, 4) is 28.4 Å². The molecule has 65 heavy (non-hydrogen) atoms. The molecule has 0 spiro atoms. The van der Waals surface area contributed by atoms with E-state index in [1.807, 2.05) is 42.5 Å². The molecule has 10 heteroatoms. The number of fused-ring (bicyclic) bond motifs is 2. The monoisotopic (exact) mass is 889 g/mol. The van der Waals surface area contributed by atoms with Crippen LogP contribution < -0.4 is 9.47 Å². The van der Waals surface area contributed by atoms with Crippen LogP contribution in [-0.4, -0.2) is 77.8 Å². The molecule has 0 aromatic heterocycles. The summed E-state index contributed by atoms with van der Waals surface area (Å²) in [7, 11) is 0. The minimum atomic E-state index is -1.28. The van der Waals surface area contributed by atoms with Crippen molar-refractivity contribution in [2.75, 3.05) is 33.0 Å². The predicted molar refractivity (Wildman–Crippen MR) is 255 cm³/mol.